The average Bonchev–Trinajstić information content (AvgIpc) is 2.68. The van der Waals surface area contributed by atoms with Crippen molar-refractivity contribution in [3.63, 3.8) is 0 Å². The smallest absolute Gasteiger partial charge is 0.222 e. The first kappa shape index (κ1) is 17.5. The molecule has 25 heavy (non-hydrogen) atoms. The quantitative estimate of drug-likeness (QED) is 0.869. The number of likely N-dealkylation sites (tertiary alicyclic amines) is 1. The summed E-state index contributed by atoms with van der Waals surface area (Å²) in [7, 11) is 5.18. The Labute approximate surface area is 149 Å². The molecular formula is C19H26N4O2. The highest BCUT2D eigenvalue weighted by molar-refractivity contribution is 5.43. The van der Waals surface area contributed by atoms with Crippen molar-refractivity contribution in [3.05, 3.63) is 41.7 Å². The first-order chi connectivity index (χ1) is 12.2. The van der Waals surface area contributed by atoms with Crippen LogP contribution >= 0.6 is 0 Å². The normalized spacial score (nSPS) is 18.0. The molecule has 6 heteroatoms. The zero-order valence-electron chi connectivity index (χ0n) is 15.2. The molecule has 0 spiro atoms. The van der Waals surface area contributed by atoms with Crippen LogP contribution in [-0.4, -0.2) is 42.7 Å². The van der Waals surface area contributed by atoms with Gasteiger partial charge in [-0.15, -0.1) is 0 Å². The molecule has 0 radical (unpaired) electrons. The standard InChI is InChI=1S/C19H26N4O2/c1-20-19-21-10-9-15(22-19)16-6-4-5-11-23(16)13-14-7-8-17(24-2)18(12-14)25-3/h7-10,12,16H,4-6,11,13H2,1-3H3,(H,20,21,22)/t16-/m0/s1. The van der Waals surface area contributed by atoms with Gasteiger partial charge in [0.05, 0.1) is 26.0 Å². The molecule has 0 bridgehead atoms. The molecule has 1 aromatic heterocycles. The third-order valence-electron chi connectivity index (χ3n) is 4.69. The number of nitrogens with one attached hydrogen (secondary N) is 1. The van der Waals surface area contributed by atoms with E-state index >= 15 is 0 Å². The highest BCUT2D eigenvalue weighted by Gasteiger charge is 2.25. The van der Waals surface area contributed by atoms with Crippen molar-refractivity contribution in [2.24, 2.45) is 0 Å². The van der Waals surface area contributed by atoms with Gasteiger partial charge in [0, 0.05) is 19.8 Å². The van der Waals surface area contributed by atoms with E-state index in [0.717, 1.165) is 36.7 Å². The molecule has 1 fully saturated rings. The summed E-state index contributed by atoms with van der Waals surface area (Å²) in [5.41, 5.74) is 2.30. The summed E-state index contributed by atoms with van der Waals surface area (Å²) < 4.78 is 10.8. The molecular weight excluding hydrogens is 316 g/mol. The third-order valence-corrected chi connectivity index (χ3v) is 4.69. The van der Waals surface area contributed by atoms with E-state index in [9.17, 15) is 0 Å². The maximum absolute atomic E-state index is 5.44. The lowest BCUT2D eigenvalue weighted by Crippen LogP contribution is -2.33. The topological polar surface area (TPSA) is 59.5 Å². The average molecular weight is 342 g/mol. The number of piperidine rings is 1. The zero-order chi connectivity index (χ0) is 17.6. The van der Waals surface area contributed by atoms with Crippen LogP contribution in [0.4, 0.5) is 5.95 Å². The maximum Gasteiger partial charge on any atom is 0.222 e. The van der Waals surface area contributed by atoms with Crippen LogP contribution in [0.5, 0.6) is 11.5 Å². The molecule has 1 aliphatic rings. The number of hydrogen-bond donors (Lipinski definition) is 1. The predicted octanol–water partition coefficient (Wildman–Crippen LogP) is 3.26. The summed E-state index contributed by atoms with van der Waals surface area (Å²) in [5.74, 6) is 2.21. The van der Waals surface area contributed by atoms with Gasteiger partial charge < -0.3 is 14.8 Å². The summed E-state index contributed by atoms with van der Waals surface area (Å²) in [5, 5.41) is 3.03. The molecule has 134 valence electrons. The zero-order valence-corrected chi connectivity index (χ0v) is 15.2. The molecule has 6 nitrogen and oxygen atoms in total. The number of hydrogen-bond acceptors (Lipinski definition) is 6. The van der Waals surface area contributed by atoms with Crippen molar-refractivity contribution in [1.82, 2.24) is 14.9 Å². The van der Waals surface area contributed by atoms with Crippen molar-refractivity contribution in [2.75, 3.05) is 33.1 Å². The number of benzene rings is 1. The number of aromatic nitrogens is 2. The van der Waals surface area contributed by atoms with E-state index in [1.165, 1.54) is 18.4 Å². The van der Waals surface area contributed by atoms with E-state index in [0.29, 0.717) is 12.0 Å². The molecule has 1 N–H and O–H groups in total. The first-order valence-corrected chi connectivity index (χ1v) is 8.70. The summed E-state index contributed by atoms with van der Waals surface area (Å²) >= 11 is 0. The minimum absolute atomic E-state index is 0.317. The van der Waals surface area contributed by atoms with E-state index < -0.39 is 0 Å². The van der Waals surface area contributed by atoms with Crippen molar-refractivity contribution in [3.8, 4) is 11.5 Å². The molecule has 0 aliphatic carbocycles. The molecule has 0 amide bonds. The Morgan fingerprint density at radius 3 is 2.76 bits per heavy atom. The molecule has 2 heterocycles. The Kier molecular flexibility index (Phi) is 5.71. The minimum Gasteiger partial charge on any atom is -0.493 e. The molecule has 1 aromatic carbocycles. The SMILES string of the molecule is CNc1nccc([C@@H]2CCCCN2Cc2ccc(OC)c(OC)c2)n1. The molecule has 0 saturated carbocycles. The van der Waals surface area contributed by atoms with Crippen LogP contribution in [0.25, 0.3) is 0 Å². The maximum atomic E-state index is 5.44. The third kappa shape index (κ3) is 4.02. The van der Waals surface area contributed by atoms with Crippen molar-refractivity contribution < 1.29 is 9.47 Å². The van der Waals surface area contributed by atoms with Crippen LogP contribution in [0.3, 0.4) is 0 Å². The lowest BCUT2D eigenvalue weighted by molar-refractivity contribution is 0.137. The van der Waals surface area contributed by atoms with Crippen LogP contribution in [0, 0.1) is 0 Å². The Balaban J connectivity index is 1.81. The van der Waals surface area contributed by atoms with Gasteiger partial charge in [-0.1, -0.05) is 12.5 Å². The summed E-state index contributed by atoms with van der Waals surface area (Å²) in [6, 6.07) is 8.47. The van der Waals surface area contributed by atoms with Gasteiger partial charge in [-0.05, 0) is 43.1 Å². The van der Waals surface area contributed by atoms with Gasteiger partial charge in [-0.3, -0.25) is 4.90 Å². The molecule has 0 unspecified atom stereocenters. The number of anilines is 1. The second-order valence-electron chi connectivity index (χ2n) is 6.23. The monoisotopic (exact) mass is 342 g/mol. The van der Waals surface area contributed by atoms with Crippen molar-refractivity contribution in [1.29, 1.82) is 0 Å². The second kappa shape index (κ2) is 8.16. The van der Waals surface area contributed by atoms with Gasteiger partial charge in [0.25, 0.3) is 0 Å². The summed E-state index contributed by atoms with van der Waals surface area (Å²) in [6.07, 6.45) is 5.39. The number of methoxy groups -OCH3 is 2. The molecule has 1 atom stereocenters. The van der Waals surface area contributed by atoms with E-state index in [2.05, 4.69) is 32.3 Å². The van der Waals surface area contributed by atoms with Crippen molar-refractivity contribution in [2.45, 2.75) is 31.8 Å². The fraction of sp³-hybridized carbons (Fsp3) is 0.474. The van der Waals surface area contributed by atoms with Gasteiger partial charge in [-0.25, -0.2) is 9.97 Å². The van der Waals surface area contributed by atoms with E-state index in [1.54, 1.807) is 14.2 Å². The van der Waals surface area contributed by atoms with Gasteiger partial charge in [-0.2, -0.15) is 0 Å². The summed E-state index contributed by atoms with van der Waals surface area (Å²) in [4.78, 5) is 11.4. The fourth-order valence-electron chi connectivity index (χ4n) is 3.41. The predicted molar refractivity (Wildman–Crippen MR) is 98.1 cm³/mol. The van der Waals surface area contributed by atoms with Crippen LogP contribution in [-0.2, 0) is 6.54 Å². The Hall–Kier alpha value is -2.34. The van der Waals surface area contributed by atoms with Gasteiger partial charge in [0.1, 0.15) is 0 Å². The van der Waals surface area contributed by atoms with Gasteiger partial charge >= 0.3 is 0 Å². The second-order valence-corrected chi connectivity index (χ2v) is 6.23. The van der Waals surface area contributed by atoms with Gasteiger partial charge in [0.2, 0.25) is 5.95 Å². The Bertz CT molecular complexity index is 708. The molecule has 2 aromatic rings. The fourth-order valence-corrected chi connectivity index (χ4v) is 3.41. The molecule has 1 saturated heterocycles. The van der Waals surface area contributed by atoms with Crippen LogP contribution in [0.15, 0.2) is 30.5 Å². The minimum atomic E-state index is 0.317. The van der Waals surface area contributed by atoms with Crippen LogP contribution < -0.4 is 14.8 Å². The highest BCUT2D eigenvalue weighted by atomic mass is 16.5. The van der Waals surface area contributed by atoms with Crippen LogP contribution in [0.2, 0.25) is 0 Å². The van der Waals surface area contributed by atoms with E-state index in [4.69, 9.17) is 9.47 Å². The first-order valence-electron chi connectivity index (χ1n) is 8.70. The lowest BCUT2D eigenvalue weighted by Gasteiger charge is -2.35. The van der Waals surface area contributed by atoms with E-state index in [1.807, 2.05) is 25.4 Å². The highest BCUT2D eigenvalue weighted by Crippen LogP contribution is 2.33. The Morgan fingerprint density at radius 2 is 2.00 bits per heavy atom. The Morgan fingerprint density at radius 1 is 1.16 bits per heavy atom. The van der Waals surface area contributed by atoms with Crippen LogP contribution in [0.1, 0.15) is 36.6 Å². The largest absolute Gasteiger partial charge is 0.493 e. The van der Waals surface area contributed by atoms with Crippen molar-refractivity contribution >= 4 is 5.95 Å². The summed E-state index contributed by atoms with van der Waals surface area (Å²) in [6.45, 7) is 1.93. The number of rotatable bonds is 6. The molecule has 3 rings (SSSR count). The number of ether oxygens (including phenoxy) is 2. The van der Waals surface area contributed by atoms with E-state index in [-0.39, 0.29) is 0 Å². The van der Waals surface area contributed by atoms with Gasteiger partial charge in [0.15, 0.2) is 11.5 Å². The molecule has 1 aliphatic heterocycles. The number of nitrogens with zero attached hydrogens (tertiary/aromatic N) is 3. The lowest BCUT2D eigenvalue weighted by atomic mass is 9.98.